The Morgan fingerprint density at radius 1 is 1.48 bits per heavy atom. The second kappa shape index (κ2) is 9.14. The van der Waals surface area contributed by atoms with Crippen LogP contribution in [0.1, 0.15) is 40.0 Å². The molecule has 6 nitrogen and oxygen atoms in total. The van der Waals surface area contributed by atoms with Crippen molar-refractivity contribution < 1.29 is 43.7 Å². The fraction of sp³-hybridized carbons (Fsp3) is 0.714. The minimum atomic E-state index is -1.22. The summed E-state index contributed by atoms with van der Waals surface area (Å²) in [5.74, 6) is -1.56. The van der Waals surface area contributed by atoms with Gasteiger partial charge in [0.1, 0.15) is 18.2 Å². The van der Waals surface area contributed by atoms with Crippen LogP contribution in [0.25, 0.3) is 0 Å². The van der Waals surface area contributed by atoms with E-state index in [9.17, 15) is 15.0 Å². The third kappa shape index (κ3) is 5.74. The first-order chi connectivity index (χ1) is 9.38. The summed E-state index contributed by atoms with van der Waals surface area (Å²) in [4.78, 5) is 14.9. The van der Waals surface area contributed by atoms with E-state index >= 15 is 0 Å². The molecule has 0 amide bonds. The maximum atomic E-state index is 11.2. The Morgan fingerprint density at radius 2 is 2.05 bits per heavy atom. The van der Waals surface area contributed by atoms with E-state index in [1.54, 1.807) is 0 Å². The summed E-state index contributed by atoms with van der Waals surface area (Å²) in [6.07, 6.45) is 1.81. The number of hydrogen-bond acceptors (Lipinski definition) is 5. The van der Waals surface area contributed by atoms with E-state index in [0.29, 0.717) is 12.3 Å². The first-order valence-corrected chi connectivity index (χ1v) is 6.90. The van der Waals surface area contributed by atoms with E-state index < -0.39 is 30.1 Å². The number of aliphatic carboxylic acids is 1. The van der Waals surface area contributed by atoms with Crippen LogP contribution in [0.4, 0.5) is 0 Å². The number of aliphatic hydroxyl groups excluding tert-OH is 1. The molecule has 0 aromatic heterocycles. The average molecular weight is 291 g/mol. The van der Waals surface area contributed by atoms with Crippen molar-refractivity contribution >= 4 is 11.9 Å². The molecule has 0 saturated carbocycles. The number of aliphatic hydroxyl groups is 1. The predicted molar refractivity (Wildman–Crippen MR) is 72.2 cm³/mol. The van der Waals surface area contributed by atoms with Crippen molar-refractivity contribution in [1.29, 1.82) is 0 Å². The van der Waals surface area contributed by atoms with E-state index in [0.717, 1.165) is 18.9 Å². The second-order valence-electron chi connectivity index (χ2n) is 5.04. The Kier molecular flexibility index (Phi) is 8.72. The van der Waals surface area contributed by atoms with E-state index in [-0.39, 0.29) is 24.6 Å². The molecule has 21 heavy (non-hydrogen) atoms. The van der Waals surface area contributed by atoms with Gasteiger partial charge in [-0.2, -0.15) is 0 Å². The van der Waals surface area contributed by atoms with Crippen LogP contribution in [-0.4, -0.2) is 40.3 Å². The summed E-state index contributed by atoms with van der Waals surface area (Å²) < 4.78 is 5.42. The number of carbonyl (C=O) groups is 1. The zero-order valence-electron chi connectivity index (χ0n) is 13.1. The van der Waals surface area contributed by atoms with Crippen molar-refractivity contribution in [2.45, 2.75) is 58.3 Å². The average Bonchev–Trinajstić information content (AvgIpc) is 2.38. The molecule has 0 aromatic carbocycles. The van der Waals surface area contributed by atoms with Gasteiger partial charge in [-0.3, -0.25) is 4.99 Å². The number of nitrogens with zero attached hydrogens (tertiary/aromatic N) is 1. The molecule has 7 heteroatoms. The number of aliphatic imine (C=N–C) groups is 1. The molecule has 0 aliphatic carbocycles. The maximum absolute atomic E-state index is 11.2. The summed E-state index contributed by atoms with van der Waals surface area (Å²) in [5.41, 5.74) is 0. The fourth-order valence-corrected chi connectivity index (χ4v) is 2.37. The molecule has 1 rings (SSSR count). The third-order valence-electron chi connectivity index (χ3n) is 3.59. The summed E-state index contributed by atoms with van der Waals surface area (Å²) in [6, 6.07) is -0.740. The number of carboxylic acid groups (broad SMARTS) is 1. The monoisotopic (exact) mass is 291 g/mol. The molecule has 0 bridgehead atoms. The minimum absolute atomic E-state index is 0. The summed E-state index contributed by atoms with van der Waals surface area (Å²) in [7, 11) is 0. The first kappa shape index (κ1) is 20.0. The van der Waals surface area contributed by atoms with Crippen molar-refractivity contribution in [2.75, 3.05) is 0 Å². The van der Waals surface area contributed by atoms with Crippen molar-refractivity contribution in [3.05, 3.63) is 11.8 Å². The Bertz CT molecular complexity index is 402. The maximum Gasteiger partial charge on any atom is 1.00 e. The van der Waals surface area contributed by atoms with Crippen molar-refractivity contribution in [3.63, 3.8) is 0 Å². The quantitative estimate of drug-likeness (QED) is 0.325. The van der Waals surface area contributed by atoms with Gasteiger partial charge in [0.2, 0.25) is 5.76 Å². The van der Waals surface area contributed by atoms with Gasteiger partial charge >= 0.3 is 24.8 Å². The molecule has 3 atom stereocenters. The molecule has 2 N–H and O–H groups in total. The van der Waals surface area contributed by atoms with Crippen LogP contribution in [0.15, 0.2) is 16.8 Å². The standard InChI is InChI=1S/C14H23NO5.Li/c1-4-9(5-2)6-11-13(15-8(3)16)10(17)7-12(20-11)14(18)19;/h7,9-11,13,17H,4-6H2,1-3H3,(H,15,16)(H,18,19);/q;+1/p-1/t10-,11-,13+;/m0./s1. The predicted octanol–water partition coefficient (Wildman–Crippen LogP) is -2.31. The van der Waals surface area contributed by atoms with Crippen LogP contribution < -0.4 is 24.0 Å². The molecular formula is C14H22LiNO5. The van der Waals surface area contributed by atoms with Crippen molar-refractivity contribution in [2.24, 2.45) is 10.9 Å². The molecule has 0 saturated heterocycles. The molecule has 0 aromatic rings. The third-order valence-corrected chi connectivity index (χ3v) is 3.59. The summed E-state index contributed by atoms with van der Waals surface area (Å²) in [6.45, 7) is 5.38. The van der Waals surface area contributed by atoms with Gasteiger partial charge in [0.25, 0.3) is 0 Å². The molecule has 0 fully saturated rings. The zero-order valence-corrected chi connectivity index (χ0v) is 13.1. The number of carboxylic acids is 1. The second-order valence-corrected chi connectivity index (χ2v) is 5.04. The molecule has 1 aliphatic rings. The van der Waals surface area contributed by atoms with Gasteiger partial charge in [0.05, 0.1) is 0 Å². The van der Waals surface area contributed by atoms with Crippen LogP contribution in [0.3, 0.4) is 0 Å². The molecular weight excluding hydrogens is 269 g/mol. The van der Waals surface area contributed by atoms with Crippen LogP contribution in [0.5, 0.6) is 0 Å². The normalized spacial score (nSPS) is 25.9. The molecule has 0 radical (unpaired) electrons. The minimum Gasteiger partial charge on any atom is -0.862 e. The molecule has 0 unspecified atom stereocenters. The summed E-state index contributed by atoms with van der Waals surface area (Å²) >= 11 is 0. The van der Waals surface area contributed by atoms with Crippen LogP contribution in [0.2, 0.25) is 0 Å². The molecule has 114 valence electrons. The number of hydrogen-bond donors (Lipinski definition) is 2. The SMILES string of the molecule is CCC(CC)C[C@@H]1OC(C(=O)O)=C[C@H](O)[C@H]1N=C(C)[O-].[Li+]. The topological polar surface area (TPSA) is 102 Å². The van der Waals surface area contributed by atoms with E-state index in [4.69, 9.17) is 9.84 Å². The fourth-order valence-electron chi connectivity index (χ4n) is 2.37. The molecule has 1 heterocycles. The van der Waals surface area contributed by atoms with Gasteiger partial charge in [-0.05, 0) is 31.2 Å². The van der Waals surface area contributed by atoms with E-state index in [1.807, 2.05) is 13.8 Å². The Labute approximate surface area is 137 Å². The van der Waals surface area contributed by atoms with Crippen LogP contribution in [-0.2, 0) is 9.53 Å². The largest absolute Gasteiger partial charge is 1.00 e. The number of ether oxygens (including phenoxy) is 1. The van der Waals surface area contributed by atoms with Crippen molar-refractivity contribution in [1.82, 2.24) is 0 Å². The Balaban J connectivity index is 0.00000400. The van der Waals surface area contributed by atoms with Crippen LogP contribution >= 0.6 is 0 Å². The van der Waals surface area contributed by atoms with Crippen molar-refractivity contribution in [3.8, 4) is 0 Å². The van der Waals surface area contributed by atoms with Gasteiger partial charge in [0.15, 0.2) is 0 Å². The summed E-state index contributed by atoms with van der Waals surface area (Å²) in [5, 5.41) is 30.2. The van der Waals surface area contributed by atoms with Crippen LogP contribution in [0, 0.1) is 5.92 Å². The van der Waals surface area contributed by atoms with Gasteiger partial charge in [-0.1, -0.05) is 26.7 Å². The molecule has 1 aliphatic heterocycles. The van der Waals surface area contributed by atoms with E-state index in [2.05, 4.69) is 4.99 Å². The Hall–Kier alpha value is -0.963. The first-order valence-electron chi connectivity index (χ1n) is 6.90. The number of rotatable bonds is 6. The van der Waals surface area contributed by atoms with Gasteiger partial charge in [0, 0.05) is 0 Å². The Morgan fingerprint density at radius 3 is 2.48 bits per heavy atom. The van der Waals surface area contributed by atoms with Gasteiger partial charge < -0.3 is 20.1 Å². The van der Waals surface area contributed by atoms with E-state index in [1.165, 1.54) is 6.92 Å². The van der Waals surface area contributed by atoms with Gasteiger partial charge in [-0.25, -0.2) is 4.79 Å². The smallest absolute Gasteiger partial charge is 0.862 e. The van der Waals surface area contributed by atoms with Gasteiger partial charge in [-0.15, -0.1) is 0 Å². The zero-order chi connectivity index (χ0) is 15.3. The molecule has 0 spiro atoms.